The summed E-state index contributed by atoms with van der Waals surface area (Å²) in [6.07, 6.45) is 0. The SMILES string of the molecule is COc1cc(Sc2ccc(F)cc2F)ccc1OCc1ccccc1. The van der Waals surface area contributed by atoms with Gasteiger partial charge in [-0.1, -0.05) is 42.1 Å². The Morgan fingerprint density at radius 1 is 0.880 bits per heavy atom. The Bertz CT molecular complexity index is 854. The molecule has 2 nitrogen and oxygen atoms in total. The van der Waals surface area contributed by atoms with Crippen molar-refractivity contribution < 1.29 is 18.3 Å². The highest BCUT2D eigenvalue weighted by molar-refractivity contribution is 7.99. The second-order valence-corrected chi connectivity index (χ2v) is 6.38. The first-order valence-corrected chi connectivity index (χ1v) is 8.45. The molecule has 0 heterocycles. The Hall–Kier alpha value is -2.53. The van der Waals surface area contributed by atoms with Crippen LogP contribution in [0.15, 0.2) is 76.5 Å². The van der Waals surface area contributed by atoms with Crippen LogP contribution >= 0.6 is 11.8 Å². The van der Waals surface area contributed by atoms with Gasteiger partial charge in [-0.2, -0.15) is 0 Å². The van der Waals surface area contributed by atoms with Crippen molar-refractivity contribution in [2.75, 3.05) is 7.11 Å². The quantitative estimate of drug-likeness (QED) is 0.563. The fourth-order valence-electron chi connectivity index (χ4n) is 2.25. The van der Waals surface area contributed by atoms with E-state index in [9.17, 15) is 8.78 Å². The van der Waals surface area contributed by atoms with Crippen LogP contribution in [0.2, 0.25) is 0 Å². The van der Waals surface area contributed by atoms with Crippen molar-refractivity contribution in [2.24, 2.45) is 0 Å². The molecule has 25 heavy (non-hydrogen) atoms. The summed E-state index contributed by atoms with van der Waals surface area (Å²) < 4.78 is 38.0. The van der Waals surface area contributed by atoms with Gasteiger partial charge in [0.05, 0.1) is 7.11 Å². The van der Waals surface area contributed by atoms with E-state index in [1.165, 1.54) is 23.9 Å². The van der Waals surface area contributed by atoms with Crippen LogP contribution in [0, 0.1) is 11.6 Å². The van der Waals surface area contributed by atoms with Gasteiger partial charge < -0.3 is 9.47 Å². The second-order valence-electron chi connectivity index (χ2n) is 5.26. The summed E-state index contributed by atoms with van der Waals surface area (Å²) in [5.41, 5.74) is 1.05. The molecule has 0 saturated carbocycles. The lowest BCUT2D eigenvalue weighted by Gasteiger charge is -2.12. The van der Waals surface area contributed by atoms with E-state index in [0.29, 0.717) is 23.0 Å². The number of benzene rings is 3. The average Bonchev–Trinajstić information content (AvgIpc) is 2.63. The molecule has 0 spiro atoms. The van der Waals surface area contributed by atoms with E-state index >= 15 is 0 Å². The van der Waals surface area contributed by atoms with Gasteiger partial charge in [0.15, 0.2) is 11.5 Å². The highest BCUT2D eigenvalue weighted by Crippen LogP contribution is 2.36. The molecule has 5 heteroatoms. The Morgan fingerprint density at radius 2 is 1.68 bits per heavy atom. The van der Waals surface area contributed by atoms with E-state index in [1.54, 1.807) is 19.2 Å². The molecule has 0 amide bonds. The average molecular weight is 358 g/mol. The summed E-state index contributed by atoms with van der Waals surface area (Å²) in [6.45, 7) is 0.427. The molecule has 3 rings (SSSR count). The molecule has 0 N–H and O–H groups in total. The minimum atomic E-state index is -0.593. The maximum absolute atomic E-state index is 13.8. The van der Waals surface area contributed by atoms with Crippen LogP contribution in [0.1, 0.15) is 5.56 Å². The summed E-state index contributed by atoms with van der Waals surface area (Å²) in [7, 11) is 1.55. The Morgan fingerprint density at radius 3 is 2.40 bits per heavy atom. The van der Waals surface area contributed by atoms with E-state index in [0.717, 1.165) is 16.5 Å². The van der Waals surface area contributed by atoms with Gasteiger partial charge in [0, 0.05) is 15.9 Å². The maximum atomic E-state index is 13.8. The Kier molecular flexibility index (Phi) is 5.56. The summed E-state index contributed by atoms with van der Waals surface area (Å²) in [5.74, 6) is -0.0174. The topological polar surface area (TPSA) is 18.5 Å². The van der Waals surface area contributed by atoms with Crippen LogP contribution in [-0.4, -0.2) is 7.11 Å². The van der Waals surface area contributed by atoms with Crippen LogP contribution < -0.4 is 9.47 Å². The van der Waals surface area contributed by atoms with Gasteiger partial charge >= 0.3 is 0 Å². The van der Waals surface area contributed by atoms with Gasteiger partial charge in [-0.05, 0) is 35.9 Å². The number of halogens is 2. The van der Waals surface area contributed by atoms with E-state index in [2.05, 4.69) is 0 Å². The zero-order valence-corrected chi connectivity index (χ0v) is 14.4. The molecule has 128 valence electrons. The lowest BCUT2D eigenvalue weighted by Crippen LogP contribution is -1.97. The number of rotatable bonds is 6. The summed E-state index contributed by atoms with van der Waals surface area (Å²) in [4.78, 5) is 1.12. The molecule has 0 fully saturated rings. The van der Waals surface area contributed by atoms with E-state index in [4.69, 9.17) is 9.47 Å². The molecule has 0 aliphatic heterocycles. The predicted molar refractivity (Wildman–Crippen MR) is 94.2 cm³/mol. The summed E-state index contributed by atoms with van der Waals surface area (Å²) in [5, 5.41) is 0. The van der Waals surface area contributed by atoms with Crippen molar-refractivity contribution in [3.8, 4) is 11.5 Å². The largest absolute Gasteiger partial charge is 0.493 e. The Labute approximate surface area is 149 Å². The van der Waals surface area contributed by atoms with Gasteiger partial charge in [0.1, 0.15) is 18.2 Å². The van der Waals surface area contributed by atoms with Crippen LogP contribution in [0.4, 0.5) is 8.78 Å². The fraction of sp³-hybridized carbons (Fsp3) is 0.100. The lowest BCUT2D eigenvalue weighted by atomic mass is 10.2. The van der Waals surface area contributed by atoms with Crippen LogP contribution in [-0.2, 0) is 6.61 Å². The van der Waals surface area contributed by atoms with Crippen molar-refractivity contribution >= 4 is 11.8 Å². The maximum Gasteiger partial charge on any atom is 0.161 e. The molecule has 0 saturated heterocycles. The molecular weight excluding hydrogens is 342 g/mol. The third-order valence-corrected chi connectivity index (χ3v) is 4.53. The minimum absolute atomic E-state index is 0.349. The van der Waals surface area contributed by atoms with Crippen molar-refractivity contribution in [1.82, 2.24) is 0 Å². The predicted octanol–water partition coefficient (Wildman–Crippen LogP) is 5.70. The number of hydrogen-bond donors (Lipinski definition) is 0. The van der Waals surface area contributed by atoms with Gasteiger partial charge in [0.2, 0.25) is 0 Å². The van der Waals surface area contributed by atoms with E-state index in [1.807, 2.05) is 36.4 Å². The zero-order valence-electron chi connectivity index (χ0n) is 13.5. The van der Waals surface area contributed by atoms with Crippen LogP contribution in [0.25, 0.3) is 0 Å². The van der Waals surface area contributed by atoms with Crippen molar-refractivity contribution in [3.63, 3.8) is 0 Å². The van der Waals surface area contributed by atoms with Gasteiger partial charge in [-0.25, -0.2) is 8.78 Å². The second kappa shape index (κ2) is 8.03. The summed E-state index contributed by atoms with van der Waals surface area (Å²) in [6, 6.07) is 18.7. The van der Waals surface area contributed by atoms with Gasteiger partial charge in [-0.3, -0.25) is 0 Å². The third kappa shape index (κ3) is 4.51. The zero-order chi connectivity index (χ0) is 17.6. The smallest absolute Gasteiger partial charge is 0.161 e. The standard InChI is InChI=1S/C20H16F2O2S/c1-23-19-12-16(25-20-10-7-15(21)11-17(20)22)8-9-18(19)24-13-14-5-3-2-4-6-14/h2-12H,13H2,1H3. The minimum Gasteiger partial charge on any atom is -0.493 e. The highest BCUT2D eigenvalue weighted by atomic mass is 32.2. The summed E-state index contributed by atoms with van der Waals surface area (Å²) >= 11 is 1.20. The molecule has 0 radical (unpaired) electrons. The van der Waals surface area contributed by atoms with Crippen molar-refractivity contribution in [3.05, 3.63) is 83.9 Å². The van der Waals surface area contributed by atoms with Crippen molar-refractivity contribution in [2.45, 2.75) is 16.4 Å². The highest BCUT2D eigenvalue weighted by Gasteiger charge is 2.10. The van der Waals surface area contributed by atoms with Gasteiger partial charge in [0.25, 0.3) is 0 Å². The molecule has 0 atom stereocenters. The lowest BCUT2D eigenvalue weighted by molar-refractivity contribution is 0.284. The molecule has 0 aliphatic carbocycles. The monoisotopic (exact) mass is 358 g/mol. The third-order valence-electron chi connectivity index (χ3n) is 3.49. The number of methoxy groups -OCH3 is 1. The van der Waals surface area contributed by atoms with Crippen molar-refractivity contribution in [1.29, 1.82) is 0 Å². The van der Waals surface area contributed by atoms with E-state index < -0.39 is 11.6 Å². The molecule has 0 aromatic heterocycles. The molecule has 3 aromatic carbocycles. The van der Waals surface area contributed by atoms with Gasteiger partial charge in [-0.15, -0.1) is 0 Å². The molecule has 0 unspecified atom stereocenters. The molecular formula is C20H16F2O2S. The normalized spacial score (nSPS) is 10.5. The molecule has 3 aromatic rings. The van der Waals surface area contributed by atoms with Crippen LogP contribution in [0.3, 0.4) is 0 Å². The first-order valence-electron chi connectivity index (χ1n) is 7.63. The molecule has 0 bridgehead atoms. The number of ether oxygens (including phenoxy) is 2. The molecule has 0 aliphatic rings. The first kappa shape index (κ1) is 17.3. The fourth-order valence-corrected chi connectivity index (χ4v) is 3.10. The van der Waals surface area contributed by atoms with E-state index in [-0.39, 0.29) is 0 Å². The number of hydrogen-bond acceptors (Lipinski definition) is 3. The first-order chi connectivity index (χ1) is 12.2. The Balaban J connectivity index is 1.75. The van der Waals surface area contributed by atoms with Crippen LogP contribution in [0.5, 0.6) is 11.5 Å².